The molecular formula is C21H32BrNO3S. The van der Waals surface area contributed by atoms with Gasteiger partial charge >= 0.3 is 0 Å². The van der Waals surface area contributed by atoms with Gasteiger partial charge in [-0.25, -0.2) is 10.0 Å². The zero-order valence-corrected chi connectivity index (χ0v) is 19.8. The molecule has 0 aliphatic rings. The summed E-state index contributed by atoms with van der Waals surface area (Å²) in [6.07, 6.45) is 10.6. The van der Waals surface area contributed by atoms with Crippen LogP contribution in [0, 0.1) is 0 Å². The van der Waals surface area contributed by atoms with E-state index < -0.39 is 0 Å². The summed E-state index contributed by atoms with van der Waals surface area (Å²) in [6, 6.07) is 7.62. The predicted octanol–water partition coefficient (Wildman–Crippen LogP) is 5.37. The molecule has 0 atom stereocenters. The summed E-state index contributed by atoms with van der Waals surface area (Å²) < 4.78 is 12.1. The van der Waals surface area contributed by atoms with Crippen LogP contribution in [0.3, 0.4) is 0 Å². The molecule has 1 aromatic carbocycles. The van der Waals surface area contributed by atoms with Gasteiger partial charge in [-0.3, -0.25) is 4.98 Å². The van der Waals surface area contributed by atoms with Gasteiger partial charge in [0.2, 0.25) is 0 Å². The molecule has 0 aliphatic heterocycles. The number of aliphatic hydroxyl groups is 1. The van der Waals surface area contributed by atoms with Gasteiger partial charge in [0, 0.05) is 22.4 Å². The van der Waals surface area contributed by atoms with Gasteiger partial charge in [0.15, 0.2) is 11.5 Å². The number of hydrogen-bond donors (Lipinski definition) is 1. The molecular weight excluding hydrogens is 426 g/mol. The first kappa shape index (κ1) is 23.8. The third kappa shape index (κ3) is 7.72. The van der Waals surface area contributed by atoms with Crippen molar-refractivity contribution in [2.45, 2.75) is 25.5 Å². The molecule has 27 heavy (non-hydrogen) atoms. The summed E-state index contributed by atoms with van der Waals surface area (Å²) in [7, 11) is 1.24. The van der Waals surface area contributed by atoms with Crippen LogP contribution in [-0.4, -0.2) is 53.9 Å². The smallest absolute Gasteiger partial charge is 0.161 e. The summed E-state index contributed by atoms with van der Waals surface area (Å²) in [5.74, 6) is 1.24. The largest absolute Gasteiger partial charge is 0.493 e. The van der Waals surface area contributed by atoms with Crippen molar-refractivity contribution in [1.82, 2.24) is 4.98 Å². The number of pyridine rings is 1. The van der Waals surface area contributed by atoms with Gasteiger partial charge in [0.25, 0.3) is 0 Å². The number of hydrogen-bond acceptors (Lipinski definition) is 4. The van der Waals surface area contributed by atoms with Crippen molar-refractivity contribution in [1.29, 1.82) is 0 Å². The zero-order chi connectivity index (χ0) is 20.7. The average Bonchev–Trinajstić information content (AvgIpc) is 2.58. The third-order valence-electron chi connectivity index (χ3n) is 4.39. The highest BCUT2D eigenvalue weighted by molar-refractivity contribution is 9.10. The molecule has 6 heteroatoms. The summed E-state index contributed by atoms with van der Waals surface area (Å²) in [5.41, 5.74) is 1.95. The number of benzene rings is 1. The number of methoxy groups -OCH3 is 1. The van der Waals surface area contributed by atoms with E-state index in [1.165, 1.54) is 0 Å². The second kappa shape index (κ2) is 10.3. The Morgan fingerprint density at radius 3 is 2.15 bits per heavy atom. The van der Waals surface area contributed by atoms with Gasteiger partial charge in [-0.1, -0.05) is 26.8 Å². The molecule has 0 unspecified atom stereocenters. The number of nitrogens with zero attached hydrogens (tertiary/aromatic N) is 1. The Balaban J connectivity index is 0.000000387. The Morgan fingerprint density at radius 1 is 1.04 bits per heavy atom. The molecule has 1 heterocycles. The van der Waals surface area contributed by atoms with Crippen LogP contribution >= 0.6 is 26.0 Å². The number of rotatable bonds is 5. The fourth-order valence-electron chi connectivity index (χ4n) is 1.69. The van der Waals surface area contributed by atoms with E-state index in [9.17, 15) is 0 Å². The topological polar surface area (TPSA) is 51.6 Å². The van der Waals surface area contributed by atoms with E-state index >= 15 is 0 Å². The molecule has 1 aromatic heterocycles. The van der Waals surface area contributed by atoms with Crippen LogP contribution in [0.2, 0.25) is 0 Å². The third-order valence-corrected chi connectivity index (χ3v) is 8.50. The summed E-state index contributed by atoms with van der Waals surface area (Å²) >= 11 is 3.40. The highest BCUT2D eigenvalue weighted by Crippen LogP contribution is 2.48. The van der Waals surface area contributed by atoms with Crippen molar-refractivity contribution in [2.24, 2.45) is 0 Å². The first-order chi connectivity index (χ1) is 12.5. The maximum Gasteiger partial charge on any atom is 0.161 e. The van der Waals surface area contributed by atoms with E-state index in [4.69, 9.17) is 14.6 Å². The molecule has 0 spiro atoms. The van der Waals surface area contributed by atoms with Crippen molar-refractivity contribution in [3.63, 3.8) is 0 Å². The molecule has 0 radical (unpaired) electrons. The summed E-state index contributed by atoms with van der Waals surface area (Å²) in [4.78, 5) is 4.14. The molecule has 0 bridgehead atoms. The SMILES string of the molecule is CC(C)(C)S(C)(C)C.COc1ccc(-c2cncc(Br)c2)cc1OCCO. The van der Waals surface area contributed by atoms with Crippen LogP contribution in [0.1, 0.15) is 20.8 Å². The summed E-state index contributed by atoms with van der Waals surface area (Å²) in [6.45, 7) is 7.12. The maximum atomic E-state index is 8.83. The standard InChI is InChI=1S/C14H14BrNO3.C7H18S/c1-18-13-3-2-10(7-14(13)19-5-4-17)11-6-12(15)9-16-8-11;1-7(2,3)8(4,5)6/h2-3,6-9,17H,4-5H2,1H3;1-6H3. The van der Waals surface area contributed by atoms with Crippen molar-refractivity contribution in [2.75, 3.05) is 39.1 Å². The lowest BCUT2D eigenvalue weighted by Gasteiger charge is -2.40. The van der Waals surface area contributed by atoms with Crippen LogP contribution in [0.15, 0.2) is 41.1 Å². The number of ether oxygens (including phenoxy) is 2. The zero-order valence-electron chi connectivity index (χ0n) is 17.4. The first-order valence-corrected chi connectivity index (χ1v) is 12.3. The fraction of sp³-hybridized carbons (Fsp3) is 0.476. The van der Waals surface area contributed by atoms with E-state index in [-0.39, 0.29) is 23.2 Å². The van der Waals surface area contributed by atoms with Gasteiger partial charge in [0.1, 0.15) is 6.61 Å². The Bertz CT molecular complexity index is 712. The van der Waals surface area contributed by atoms with Crippen LogP contribution in [0.5, 0.6) is 11.5 Å². The highest BCUT2D eigenvalue weighted by Gasteiger charge is 2.21. The van der Waals surface area contributed by atoms with Gasteiger partial charge in [-0.05, 0) is 63.2 Å². The summed E-state index contributed by atoms with van der Waals surface area (Å²) in [5, 5.41) is 8.83. The lowest BCUT2D eigenvalue weighted by atomic mass is 10.1. The van der Waals surface area contributed by atoms with Crippen LogP contribution in [0.25, 0.3) is 11.1 Å². The van der Waals surface area contributed by atoms with Crippen LogP contribution < -0.4 is 9.47 Å². The Labute approximate surface area is 173 Å². The molecule has 0 fully saturated rings. The van der Waals surface area contributed by atoms with Crippen molar-refractivity contribution in [3.8, 4) is 22.6 Å². The lowest BCUT2D eigenvalue weighted by molar-refractivity contribution is 0.196. The van der Waals surface area contributed by atoms with Crippen LogP contribution in [-0.2, 0) is 0 Å². The predicted molar refractivity (Wildman–Crippen MR) is 122 cm³/mol. The van der Waals surface area contributed by atoms with E-state index in [0.717, 1.165) is 15.6 Å². The Kier molecular flexibility index (Phi) is 9.12. The van der Waals surface area contributed by atoms with Crippen molar-refractivity contribution in [3.05, 3.63) is 41.1 Å². The monoisotopic (exact) mass is 457 g/mol. The normalized spacial score (nSPS) is 12.0. The van der Waals surface area contributed by atoms with Gasteiger partial charge in [-0.2, -0.15) is 0 Å². The van der Waals surface area contributed by atoms with Gasteiger partial charge < -0.3 is 14.6 Å². The quantitative estimate of drug-likeness (QED) is 0.655. The van der Waals surface area contributed by atoms with E-state index in [1.54, 1.807) is 19.5 Å². The Morgan fingerprint density at radius 2 is 1.67 bits per heavy atom. The van der Waals surface area contributed by atoms with Gasteiger partial charge in [-0.15, -0.1) is 0 Å². The Hall–Kier alpha value is -1.24. The molecule has 4 nitrogen and oxygen atoms in total. The second-order valence-corrected chi connectivity index (χ2v) is 13.6. The second-order valence-electron chi connectivity index (χ2n) is 7.78. The lowest BCUT2D eigenvalue weighted by Crippen LogP contribution is -2.21. The molecule has 2 rings (SSSR count). The molecule has 0 aliphatic carbocycles. The average molecular weight is 458 g/mol. The molecule has 152 valence electrons. The molecule has 2 aromatic rings. The minimum atomic E-state index is -0.340. The number of halogens is 1. The molecule has 1 N–H and O–H groups in total. The molecule has 0 amide bonds. The maximum absolute atomic E-state index is 8.83. The van der Waals surface area contributed by atoms with Gasteiger partial charge in [0.05, 0.1) is 13.7 Å². The highest BCUT2D eigenvalue weighted by atomic mass is 79.9. The first-order valence-electron chi connectivity index (χ1n) is 8.70. The fourth-order valence-corrected chi connectivity index (χ4v) is 2.06. The molecule has 0 saturated heterocycles. The number of aromatic nitrogens is 1. The minimum absolute atomic E-state index is 0.0359. The van der Waals surface area contributed by atoms with Crippen molar-refractivity contribution < 1.29 is 14.6 Å². The molecule has 0 saturated carbocycles. The number of aliphatic hydroxyl groups excluding tert-OH is 1. The van der Waals surface area contributed by atoms with E-state index in [0.29, 0.717) is 16.2 Å². The van der Waals surface area contributed by atoms with Crippen LogP contribution in [0.4, 0.5) is 0 Å². The minimum Gasteiger partial charge on any atom is -0.493 e. The van der Waals surface area contributed by atoms with E-state index in [1.807, 2.05) is 24.3 Å². The van der Waals surface area contributed by atoms with E-state index in [2.05, 4.69) is 60.5 Å². The van der Waals surface area contributed by atoms with Crippen molar-refractivity contribution >= 4 is 26.0 Å².